The topological polar surface area (TPSA) is 140 Å². The number of aromatic nitrogens is 2. The summed E-state index contributed by atoms with van der Waals surface area (Å²) in [5, 5.41) is 12.7. The lowest BCUT2D eigenvalue weighted by atomic mass is 9.92. The van der Waals surface area contributed by atoms with E-state index in [0.717, 1.165) is 25.7 Å². The highest BCUT2D eigenvalue weighted by Gasteiger charge is 2.27. The number of hydrogen-bond acceptors (Lipinski definition) is 8. The van der Waals surface area contributed by atoms with Crippen LogP contribution in [0.3, 0.4) is 0 Å². The van der Waals surface area contributed by atoms with E-state index in [1.807, 2.05) is 0 Å². The fourth-order valence-electron chi connectivity index (χ4n) is 3.80. The third kappa shape index (κ3) is 7.01. The van der Waals surface area contributed by atoms with Gasteiger partial charge in [0, 0.05) is 14.1 Å². The van der Waals surface area contributed by atoms with Crippen molar-refractivity contribution in [2.24, 2.45) is 11.8 Å². The fourth-order valence-corrected chi connectivity index (χ4v) is 3.80. The summed E-state index contributed by atoms with van der Waals surface area (Å²) >= 11 is 0. The van der Waals surface area contributed by atoms with E-state index in [-0.39, 0.29) is 36.3 Å². The van der Waals surface area contributed by atoms with E-state index in [9.17, 15) is 24.0 Å². The molecule has 32 heavy (non-hydrogen) atoms. The summed E-state index contributed by atoms with van der Waals surface area (Å²) in [6, 6.07) is -0.731. The number of carbonyl (C=O) groups excluding carboxylic acids is 3. The third-order valence-corrected chi connectivity index (χ3v) is 5.42. The molecule has 178 valence electrons. The number of hydrogen-bond donors (Lipinski definition) is 4. The first kappa shape index (κ1) is 25.2. The molecule has 0 unspecified atom stereocenters. The zero-order valence-electron chi connectivity index (χ0n) is 18.9. The van der Waals surface area contributed by atoms with Crippen molar-refractivity contribution in [2.75, 3.05) is 31.4 Å². The van der Waals surface area contributed by atoms with Gasteiger partial charge in [-0.1, -0.05) is 25.7 Å². The zero-order valence-corrected chi connectivity index (χ0v) is 18.9. The van der Waals surface area contributed by atoms with Crippen LogP contribution in [0.4, 0.5) is 16.0 Å². The average molecular weight is 454 g/mol. The molecule has 2 atom stereocenters. The summed E-state index contributed by atoms with van der Waals surface area (Å²) in [4.78, 5) is 44.9. The number of rotatable bonds is 11. The molecule has 1 heterocycles. The minimum Gasteiger partial charge on any atom is -0.356 e. The molecule has 1 aromatic heterocycles. The minimum atomic E-state index is -0.863. The molecule has 0 aromatic carbocycles. The van der Waals surface area contributed by atoms with Gasteiger partial charge in [0.1, 0.15) is 11.9 Å². The highest BCUT2D eigenvalue weighted by Crippen LogP contribution is 2.30. The monoisotopic (exact) mass is 453 g/mol. The van der Waals surface area contributed by atoms with Gasteiger partial charge in [0.15, 0.2) is 11.6 Å². The van der Waals surface area contributed by atoms with Crippen molar-refractivity contribution in [1.82, 2.24) is 25.4 Å². The second kappa shape index (κ2) is 11.6. The SMILES string of the molecule is Cc1nc(NNC(=O)[C@H](CC2CCCC2)CN(O)C=O)c(F)c(N[C@H](C)C(=O)N(C)C)n1. The van der Waals surface area contributed by atoms with Gasteiger partial charge in [-0.3, -0.25) is 30.4 Å². The van der Waals surface area contributed by atoms with Crippen molar-refractivity contribution >= 4 is 29.9 Å². The Morgan fingerprint density at radius 3 is 2.47 bits per heavy atom. The molecular weight excluding hydrogens is 421 g/mol. The smallest absolute Gasteiger partial charge is 0.244 e. The van der Waals surface area contributed by atoms with Crippen molar-refractivity contribution in [3.05, 3.63) is 11.6 Å². The normalized spacial score (nSPS) is 15.6. The van der Waals surface area contributed by atoms with Crippen LogP contribution < -0.4 is 16.2 Å². The van der Waals surface area contributed by atoms with Gasteiger partial charge in [-0.2, -0.15) is 4.39 Å². The molecule has 2 rings (SSSR count). The van der Waals surface area contributed by atoms with Crippen molar-refractivity contribution in [3.8, 4) is 0 Å². The fraction of sp³-hybridized carbons (Fsp3) is 0.650. The Kier molecular flexibility index (Phi) is 9.12. The molecule has 1 aliphatic rings. The van der Waals surface area contributed by atoms with Crippen LogP contribution in [0.15, 0.2) is 0 Å². The molecule has 1 aromatic rings. The Balaban J connectivity index is 2.09. The summed E-state index contributed by atoms with van der Waals surface area (Å²) in [7, 11) is 3.18. The Hall–Kier alpha value is -3.02. The number of halogens is 1. The van der Waals surface area contributed by atoms with Crippen LogP contribution in [-0.2, 0) is 14.4 Å². The molecule has 0 saturated heterocycles. The Morgan fingerprint density at radius 2 is 1.88 bits per heavy atom. The maximum Gasteiger partial charge on any atom is 0.244 e. The van der Waals surface area contributed by atoms with E-state index in [1.54, 1.807) is 27.9 Å². The van der Waals surface area contributed by atoms with Gasteiger partial charge in [0.05, 0.1) is 12.5 Å². The van der Waals surface area contributed by atoms with E-state index in [4.69, 9.17) is 0 Å². The van der Waals surface area contributed by atoms with Gasteiger partial charge < -0.3 is 10.2 Å². The first-order valence-electron chi connectivity index (χ1n) is 10.6. The molecule has 0 aliphatic heterocycles. The first-order valence-corrected chi connectivity index (χ1v) is 10.6. The number of anilines is 2. The van der Waals surface area contributed by atoms with E-state index >= 15 is 0 Å². The van der Waals surface area contributed by atoms with Gasteiger partial charge in [-0.25, -0.2) is 15.0 Å². The lowest BCUT2D eigenvalue weighted by Crippen LogP contribution is -2.41. The molecule has 11 nitrogen and oxygen atoms in total. The quantitative estimate of drug-likeness (QED) is 0.223. The zero-order chi connectivity index (χ0) is 23.8. The van der Waals surface area contributed by atoms with Crippen molar-refractivity contribution in [1.29, 1.82) is 0 Å². The molecule has 4 N–H and O–H groups in total. The van der Waals surface area contributed by atoms with E-state index in [1.165, 1.54) is 4.90 Å². The van der Waals surface area contributed by atoms with E-state index in [0.29, 0.717) is 17.4 Å². The molecule has 0 radical (unpaired) electrons. The highest BCUT2D eigenvalue weighted by atomic mass is 19.1. The molecule has 1 fully saturated rings. The summed E-state index contributed by atoms with van der Waals surface area (Å²) < 4.78 is 14.9. The summed E-state index contributed by atoms with van der Waals surface area (Å²) in [6.07, 6.45) is 4.89. The number of hydrazine groups is 1. The van der Waals surface area contributed by atoms with Gasteiger partial charge in [0.25, 0.3) is 0 Å². The number of likely N-dealkylation sites (N-methyl/N-ethyl adjacent to an activating group) is 1. The maximum atomic E-state index is 14.9. The summed E-state index contributed by atoms with van der Waals surface area (Å²) in [5.74, 6) is -2.20. The first-order chi connectivity index (χ1) is 15.1. The molecule has 3 amide bonds. The van der Waals surface area contributed by atoms with Crippen LogP contribution in [0, 0.1) is 24.6 Å². The van der Waals surface area contributed by atoms with Crippen molar-refractivity contribution in [3.63, 3.8) is 0 Å². The second-order valence-corrected chi connectivity index (χ2v) is 8.31. The Bertz CT molecular complexity index is 817. The number of hydroxylamine groups is 2. The van der Waals surface area contributed by atoms with Crippen molar-refractivity contribution in [2.45, 2.75) is 52.0 Å². The summed E-state index contributed by atoms with van der Waals surface area (Å²) in [5.41, 5.74) is 4.88. The largest absolute Gasteiger partial charge is 0.356 e. The molecule has 12 heteroatoms. The predicted octanol–water partition coefficient (Wildman–Crippen LogP) is 1.30. The van der Waals surface area contributed by atoms with Crippen LogP contribution in [-0.4, -0.2) is 70.0 Å². The Labute approximate surface area is 186 Å². The van der Waals surface area contributed by atoms with Crippen molar-refractivity contribution < 1.29 is 24.0 Å². The molecule has 0 spiro atoms. The van der Waals surface area contributed by atoms with Gasteiger partial charge in [-0.05, 0) is 26.2 Å². The molecule has 0 bridgehead atoms. The molecule has 1 saturated carbocycles. The summed E-state index contributed by atoms with van der Waals surface area (Å²) in [6.45, 7) is 2.96. The molecular formula is C20H32FN7O4. The lowest BCUT2D eigenvalue weighted by Gasteiger charge is -2.23. The lowest BCUT2D eigenvalue weighted by molar-refractivity contribution is -0.154. The van der Waals surface area contributed by atoms with Crippen LogP contribution in [0.5, 0.6) is 0 Å². The van der Waals surface area contributed by atoms with Crippen LogP contribution >= 0.6 is 0 Å². The number of carbonyl (C=O) groups is 3. The molecule has 1 aliphatic carbocycles. The van der Waals surface area contributed by atoms with E-state index < -0.39 is 23.7 Å². The number of amides is 3. The van der Waals surface area contributed by atoms with Gasteiger partial charge in [0.2, 0.25) is 24.0 Å². The number of nitrogens with zero attached hydrogens (tertiary/aromatic N) is 4. The van der Waals surface area contributed by atoms with E-state index in [2.05, 4.69) is 26.1 Å². The standard InChI is InChI=1S/C20H32FN7O4/c1-12(20(31)27(3)4)22-17-16(21)18(24-13(2)23-17)25-26-19(30)15(10-28(32)11-29)9-14-7-5-6-8-14/h11-12,14-15,32H,5-10H2,1-4H3,(H,26,30)(H2,22,23,24,25)/t12-,15-/m1/s1. The average Bonchev–Trinajstić information content (AvgIpc) is 3.26. The minimum absolute atomic E-state index is 0.171. The van der Waals surface area contributed by atoms with Gasteiger partial charge >= 0.3 is 0 Å². The highest BCUT2D eigenvalue weighted by molar-refractivity contribution is 5.84. The predicted molar refractivity (Wildman–Crippen MR) is 115 cm³/mol. The van der Waals surface area contributed by atoms with Crippen LogP contribution in [0.2, 0.25) is 0 Å². The Morgan fingerprint density at radius 1 is 1.25 bits per heavy atom. The second-order valence-electron chi connectivity index (χ2n) is 8.31. The third-order valence-electron chi connectivity index (χ3n) is 5.42. The maximum absolute atomic E-state index is 14.9. The number of nitrogens with one attached hydrogen (secondary N) is 3. The number of aryl methyl sites for hydroxylation is 1. The van der Waals surface area contributed by atoms with Crippen LogP contribution in [0.25, 0.3) is 0 Å². The van der Waals surface area contributed by atoms with Gasteiger partial charge in [-0.15, -0.1) is 0 Å². The van der Waals surface area contributed by atoms with Crippen LogP contribution in [0.1, 0.15) is 44.9 Å².